The smallest absolute Gasteiger partial charge is 0.236 e. The highest BCUT2D eigenvalue weighted by molar-refractivity contribution is 5.95. The Hall–Kier alpha value is -2.14. The molecule has 0 unspecified atom stereocenters. The highest BCUT2D eigenvalue weighted by Gasteiger charge is 2.15. The molecule has 0 aliphatic carbocycles. The van der Waals surface area contributed by atoms with Gasteiger partial charge in [0.2, 0.25) is 12.3 Å². The summed E-state index contributed by atoms with van der Waals surface area (Å²) in [5.41, 5.74) is 1.15. The highest BCUT2D eigenvalue weighted by atomic mass is 35.5. The zero-order chi connectivity index (χ0) is 13.1. The van der Waals surface area contributed by atoms with Crippen LogP contribution in [-0.2, 0) is 6.54 Å². The van der Waals surface area contributed by atoms with Crippen molar-refractivity contribution in [3.63, 3.8) is 0 Å². The first-order valence-corrected chi connectivity index (χ1v) is 5.45. The molecule has 0 aliphatic heterocycles. The summed E-state index contributed by atoms with van der Waals surface area (Å²) in [5.74, 6) is -0.732. The van der Waals surface area contributed by atoms with Gasteiger partial charge >= 0.3 is 0 Å². The van der Waals surface area contributed by atoms with Crippen molar-refractivity contribution in [1.82, 2.24) is 5.10 Å². The van der Waals surface area contributed by atoms with Crippen molar-refractivity contribution in [3.05, 3.63) is 47.8 Å². The molecule has 100 valence electrons. The van der Waals surface area contributed by atoms with Crippen LogP contribution >= 0.6 is 0 Å². The molecule has 0 spiro atoms. The molecule has 0 aliphatic rings. The van der Waals surface area contributed by atoms with E-state index < -0.39 is 0 Å². The number of halogens is 1. The van der Waals surface area contributed by atoms with Crippen molar-refractivity contribution in [2.24, 2.45) is 0 Å². The second-order valence-electron chi connectivity index (χ2n) is 3.97. The number of phenols is 2. The third-order valence-corrected chi connectivity index (χ3v) is 2.48. The summed E-state index contributed by atoms with van der Waals surface area (Å²) in [5, 5.41) is 22.7. The van der Waals surface area contributed by atoms with Gasteiger partial charge in [-0.1, -0.05) is 4.68 Å². The quantitative estimate of drug-likeness (QED) is 0.387. The highest BCUT2D eigenvalue weighted by Crippen LogP contribution is 2.24. The van der Waals surface area contributed by atoms with Gasteiger partial charge in [-0.15, -0.1) is 0 Å². The van der Waals surface area contributed by atoms with Crippen molar-refractivity contribution in [1.29, 1.82) is 0 Å². The lowest BCUT2D eigenvalue weighted by Crippen LogP contribution is -3.00. The number of hydrogen-bond acceptors (Lipinski definition) is 4. The third-order valence-electron chi connectivity index (χ3n) is 2.48. The Morgan fingerprint density at radius 1 is 1.26 bits per heavy atom. The van der Waals surface area contributed by atoms with Crippen molar-refractivity contribution < 1.29 is 32.1 Å². The minimum Gasteiger partial charge on any atom is -1.00 e. The van der Waals surface area contributed by atoms with Crippen LogP contribution in [0.3, 0.4) is 0 Å². The lowest BCUT2D eigenvalue weighted by Gasteiger charge is -2.00. The van der Waals surface area contributed by atoms with Crippen molar-refractivity contribution in [2.45, 2.75) is 13.5 Å². The summed E-state index contributed by atoms with van der Waals surface area (Å²) in [6.07, 6.45) is 1.70. The van der Waals surface area contributed by atoms with Crippen LogP contribution in [0.25, 0.3) is 0 Å². The number of phenolic OH excluding ortho intramolecular Hbond substituents is 2. The lowest BCUT2D eigenvalue weighted by atomic mass is 10.1. The van der Waals surface area contributed by atoms with E-state index in [1.807, 2.05) is 19.1 Å². The molecule has 1 heterocycles. The number of rotatable bonds is 3. The zero-order valence-electron chi connectivity index (χ0n) is 10.2. The maximum Gasteiger partial charge on any atom is 0.236 e. The van der Waals surface area contributed by atoms with Crippen LogP contribution in [0.15, 0.2) is 36.5 Å². The van der Waals surface area contributed by atoms with Crippen molar-refractivity contribution >= 4 is 5.78 Å². The number of ketones is 1. The number of aromatic hydroxyl groups is 2. The minimum absolute atomic E-state index is 0. The second-order valence-corrected chi connectivity index (χ2v) is 3.97. The first-order chi connectivity index (χ1) is 8.56. The van der Waals surface area contributed by atoms with Crippen LogP contribution in [0.4, 0.5) is 0 Å². The van der Waals surface area contributed by atoms with Gasteiger partial charge in [0.15, 0.2) is 17.7 Å². The number of aromatic nitrogens is 2. The molecule has 19 heavy (non-hydrogen) atoms. The van der Waals surface area contributed by atoms with Crippen molar-refractivity contribution in [2.75, 3.05) is 0 Å². The zero-order valence-corrected chi connectivity index (χ0v) is 11.0. The Kier molecular flexibility index (Phi) is 4.83. The number of nitrogens with zero attached hydrogens (tertiary/aromatic N) is 2. The van der Waals surface area contributed by atoms with E-state index in [-0.39, 0.29) is 36.2 Å². The Morgan fingerprint density at radius 2 is 2.00 bits per heavy atom. The lowest BCUT2D eigenvalue weighted by molar-refractivity contribution is -0.741. The van der Waals surface area contributed by atoms with Gasteiger partial charge in [0.1, 0.15) is 5.69 Å². The van der Waals surface area contributed by atoms with Crippen LogP contribution in [0.5, 0.6) is 11.5 Å². The molecule has 0 bridgehead atoms. The number of carbonyl (C=O) groups excluding carboxylic acids is 1. The third kappa shape index (κ3) is 3.66. The molecule has 2 aromatic rings. The van der Waals surface area contributed by atoms with E-state index in [1.165, 1.54) is 22.9 Å². The fourth-order valence-electron chi connectivity index (χ4n) is 1.57. The largest absolute Gasteiger partial charge is 1.00 e. The summed E-state index contributed by atoms with van der Waals surface area (Å²) in [6.45, 7) is 1.93. The molecule has 1 aromatic carbocycles. The second kappa shape index (κ2) is 6.15. The van der Waals surface area contributed by atoms with Gasteiger partial charge in [0.25, 0.3) is 0 Å². The Balaban J connectivity index is 0.00000180. The average Bonchev–Trinajstić information content (AvgIpc) is 2.32. The van der Waals surface area contributed by atoms with Gasteiger partial charge in [0.05, 0.1) is 0 Å². The summed E-state index contributed by atoms with van der Waals surface area (Å²) >= 11 is 0. The molecular weight excluding hydrogens is 268 g/mol. The first kappa shape index (κ1) is 14.9. The van der Waals surface area contributed by atoms with Crippen LogP contribution in [0, 0.1) is 6.92 Å². The normalized spacial score (nSPS) is 9.74. The minimum atomic E-state index is -0.303. The van der Waals surface area contributed by atoms with Gasteiger partial charge in [-0.25, -0.2) is 0 Å². The Labute approximate surface area is 116 Å². The summed E-state index contributed by atoms with van der Waals surface area (Å²) in [4.78, 5) is 11.9. The number of Topliss-reactive ketones (excluding diaryl/α,β-unsaturated/α-hetero) is 1. The van der Waals surface area contributed by atoms with Gasteiger partial charge in [0, 0.05) is 11.6 Å². The fourth-order valence-corrected chi connectivity index (χ4v) is 1.57. The van der Waals surface area contributed by atoms with E-state index in [2.05, 4.69) is 5.10 Å². The van der Waals surface area contributed by atoms with Gasteiger partial charge < -0.3 is 22.6 Å². The topological polar surface area (TPSA) is 74.3 Å². The Morgan fingerprint density at radius 3 is 2.63 bits per heavy atom. The number of hydrogen-bond donors (Lipinski definition) is 2. The molecule has 0 saturated carbocycles. The van der Waals surface area contributed by atoms with Gasteiger partial charge in [-0.3, -0.25) is 4.79 Å². The first-order valence-electron chi connectivity index (χ1n) is 5.45. The van der Waals surface area contributed by atoms with E-state index in [0.717, 1.165) is 5.69 Å². The Bertz CT molecular complexity index is 602. The number of benzene rings is 1. The van der Waals surface area contributed by atoms with Gasteiger partial charge in [-0.05, 0) is 36.3 Å². The van der Waals surface area contributed by atoms with Gasteiger partial charge in [-0.2, -0.15) is 0 Å². The van der Waals surface area contributed by atoms with E-state index in [9.17, 15) is 15.0 Å². The molecule has 0 radical (unpaired) electrons. The molecule has 1 aromatic heterocycles. The van der Waals surface area contributed by atoms with E-state index in [0.29, 0.717) is 5.56 Å². The van der Waals surface area contributed by atoms with Crippen LogP contribution in [0.2, 0.25) is 0 Å². The number of carbonyl (C=O) groups is 1. The molecule has 2 rings (SSSR count). The van der Waals surface area contributed by atoms with Crippen LogP contribution < -0.4 is 17.1 Å². The molecule has 0 amide bonds. The molecule has 6 heteroatoms. The molecule has 0 atom stereocenters. The maximum absolute atomic E-state index is 11.9. The SMILES string of the molecule is Cc1ccc[n+](CC(=O)c2ccc(O)c(O)c2)n1.[Cl-]. The molecule has 0 fully saturated rings. The molecule has 5 nitrogen and oxygen atoms in total. The predicted molar refractivity (Wildman–Crippen MR) is 63.3 cm³/mol. The molecule has 2 N–H and O–H groups in total. The van der Waals surface area contributed by atoms with E-state index in [4.69, 9.17) is 0 Å². The van der Waals surface area contributed by atoms with E-state index in [1.54, 1.807) is 6.20 Å². The fraction of sp³-hybridized carbons (Fsp3) is 0.154. The van der Waals surface area contributed by atoms with Crippen LogP contribution in [-0.4, -0.2) is 21.1 Å². The standard InChI is InChI=1S/C13H12N2O3.ClH/c1-9-3-2-6-15(14-9)8-13(18)10-4-5-11(16)12(17)7-10;/h2-7,14H,8H2,1H3;1H. The summed E-state index contributed by atoms with van der Waals surface area (Å²) < 4.78 is 1.53. The van der Waals surface area contributed by atoms with E-state index >= 15 is 0 Å². The predicted octanol–water partition coefficient (Wildman–Crippen LogP) is -2.02. The molecular formula is C13H13ClN2O3. The average molecular weight is 281 g/mol. The monoisotopic (exact) mass is 280 g/mol. The molecule has 0 saturated heterocycles. The number of aryl methyl sites for hydroxylation is 1. The van der Waals surface area contributed by atoms with Crippen molar-refractivity contribution in [3.8, 4) is 11.5 Å². The van der Waals surface area contributed by atoms with Crippen LogP contribution in [0.1, 0.15) is 16.1 Å². The summed E-state index contributed by atoms with van der Waals surface area (Å²) in [7, 11) is 0. The summed E-state index contributed by atoms with van der Waals surface area (Å²) in [6, 6.07) is 7.65. The maximum atomic E-state index is 11.9.